The average Bonchev–Trinajstić information content (AvgIpc) is 3.84. The van der Waals surface area contributed by atoms with Crippen LogP contribution in [0.4, 0.5) is 26.3 Å². The van der Waals surface area contributed by atoms with E-state index in [0.717, 1.165) is 44.2 Å². The van der Waals surface area contributed by atoms with E-state index in [4.69, 9.17) is 0 Å². The molecule has 4 aromatic heterocycles. The van der Waals surface area contributed by atoms with E-state index in [9.17, 15) is 31.6 Å². The Morgan fingerprint density at radius 1 is 0.429 bits per heavy atom. The number of aryl methyl sites for hydroxylation is 4. The third-order valence-electron chi connectivity index (χ3n) is 12.5. The van der Waals surface area contributed by atoms with Gasteiger partial charge in [-0.15, -0.1) is 0 Å². The summed E-state index contributed by atoms with van der Waals surface area (Å²) in [5, 5.41) is 14.2. The molecule has 7 aromatic carbocycles. The largest absolute Gasteiger partial charge is 0.417 e. The fourth-order valence-electron chi connectivity index (χ4n) is 9.68. The molecule has 0 fully saturated rings. The number of rotatable bonds is 6. The zero-order valence-electron chi connectivity index (χ0n) is 37.6. The maximum atomic E-state index is 14.9. The molecule has 0 spiro atoms. The molecule has 11 aromatic rings. The fraction of sp³-hybridized carbons (Fsp3) is 0.109. The zero-order chi connectivity index (χ0) is 48.8. The minimum atomic E-state index is -5.15. The molecule has 0 radical (unpaired) electrons. The molecule has 0 aliphatic heterocycles. The van der Waals surface area contributed by atoms with Gasteiger partial charge in [0.2, 0.25) is 0 Å². The van der Waals surface area contributed by atoms with Gasteiger partial charge in [0.15, 0.2) is 11.6 Å². The molecule has 0 saturated carbocycles. The molecule has 342 valence electrons. The summed E-state index contributed by atoms with van der Waals surface area (Å²) < 4.78 is 93.2. The lowest BCUT2D eigenvalue weighted by Crippen LogP contribution is -2.14. The van der Waals surface area contributed by atoms with Crippen LogP contribution in [0.25, 0.3) is 100 Å². The third kappa shape index (κ3) is 7.36. The molecule has 0 aliphatic rings. The van der Waals surface area contributed by atoms with E-state index in [-0.39, 0.29) is 22.3 Å². The maximum absolute atomic E-state index is 14.9. The maximum Gasteiger partial charge on any atom is 0.417 e. The number of nitrogens with zero attached hydrogens (tertiary/aromatic N) is 9. The van der Waals surface area contributed by atoms with Gasteiger partial charge in [-0.05, 0) is 124 Å². The van der Waals surface area contributed by atoms with Crippen LogP contribution in [-0.2, 0) is 12.4 Å². The standard InChI is InChI=1S/C55H35F6N9/c1-29-63-30(2)66-52(65-29)34-18-22-48-41(25-34)38-10-5-7-14-46(38)69(48)37-20-16-36(28-62)40(27-37)43-24-33(51-44(54(56,57)58)12-9-13-45(51)55(59,60)61)17-21-50(43)70-47-15-8-6-11-39(47)42-26-35(19-23-49(42)70)53-67-31(3)64-32(4)68-53/h5-27H,1-4H3. The number of nitriles is 1. The van der Waals surface area contributed by atoms with Crippen molar-refractivity contribution in [3.05, 3.63) is 180 Å². The minimum Gasteiger partial charge on any atom is -0.309 e. The number of para-hydroxylation sites is 2. The minimum absolute atomic E-state index is 0.134. The predicted molar refractivity (Wildman–Crippen MR) is 257 cm³/mol. The first-order valence-electron chi connectivity index (χ1n) is 22.0. The van der Waals surface area contributed by atoms with E-state index in [2.05, 4.69) is 36.0 Å². The van der Waals surface area contributed by atoms with Crippen molar-refractivity contribution in [1.82, 2.24) is 39.0 Å². The summed E-state index contributed by atoms with van der Waals surface area (Å²) in [4.78, 5) is 27.0. The Morgan fingerprint density at radius 2 is 0.900 bits per heavy atom. The lowest BCUT2D eigenvalue weighted by molar-refractivity contribution is -0.142. The number of fused-ring (bicyclic) bond motifs is 6. The molecule has 0 N–H and O–H groups in total. The molecule has 11 rings (SSSR count). The SMILES string of the molecule is Cc1nc(C)nc(-c2ccc3c(c2)c2ccccc2n3-c2ccc(C#N)c(-c3cc(-c4c(C(F)(F)F)cccc4C(F)(F)F)ccc3-n3c4ccccc4c4cc(-c5nc(C)nc(C)n5)ccc43)c2)n1. The molecule has 4 heterocycles. The van der Waals surface area contributed by atoms with E-state index in [1.807, 2.05) is 94.1 Å². The third-order valence-corrected chi connectivity index (χ3v) is 12.5. The van der Waals surface area contributed by atoms with Crippen molar-refractivity contribution in [2.45, 2.75) is 40.0 Å². The van der Waals surface area contributed by atoms with Gasteiger partial charge in [0.05, 0.1) is 50.5 Å². The number of hydrogen-bond acceptors (Lipinski definition) is 7. The Bertz CT molecular complexity index is 3940. The van der Waals surface area contributed by atoms with Crippen LogP contribution in [-0.4, -0.2) is 39.0 Å². The Morgan fingerprint density at radius 3 is 1.41 bits per heavy atom. The van der Waals surface area contributed by atoms with Crippen LogP contribution in [0.1, 0.15) is 40.0 Å². The molecule has 9 nitrogen and oxygen atoms in total. The summed E-state index contributed by atoms with van der Waals surface area (Å²) in [5.41, 5.74) is 1.75. The Balaban J connectivity index is 1.21. The first-order chi connectivity index (χ1) is 33.5. The Labute approximate surface area is 395 Å². The zero-order valence-corrected chi connectivity index (χ0v) is 37.6. The van der Waals surface area contributed by atoms with Crippen molar-refractivity contribution in [2.75, 3.05) is 0 Å². The van der Waals surface area contributed by atoms with Gasteiger partial charge < -0.3 is 9.13 Å². The second kappa shape index (κ2) is 16.2. The topological polar surface area (TPSA) is 111 Å². The summed E-state index contributed by atoms with van der Waals surface area (Å²) in [6.07, 6.45) is -10.3. The summed E-state index contributed by atoms with van der Waals surface area (Å²) in [6.45, 7) is 7.16. The van der Waals surface area contributed by atoms with E-state index in [1.54, 1.807) is 45.9 Å². The summed E-state index contributed by atoms with van der Waals surface area (Å²) in [5.74, 6) is 3.21. The van der Waals surface area contributed by atoms with E-state index < -0.39 is 29.0 Å². The lowest BCUT2D eigenvalue weighted by atomic mass is 9.89. The van der Waals surface area contributed by atoms with Gasteiger partial charge in [-0.3, -0.25) is 0 Å². The Kier molecular flexibility index (Phi) is 10.1. The van der Waals surface area contributed by atoms with Crippen LogP contribution in [0, 0.1) is 39.0 Å². The second-order valence-corrected chi connectivity index (χ2v) is 17.0. The summed E-state index contributed by atoms with van der Waals surface area (Å²) >= 11 is 0. The van der Waals surface area contributed by atoms with Crippen molar-refractivity contribution in [1.29, 1.82) is 5.26 Å². The Hall–Kier alpha value is -8.77. The first-order valence-corrected chi connectivity index (χ1v) is 22.0. The number of halogens is 6. The highest BCUT2D eigenvalue weighted by molar-refractivity contribution is 6.12. The molecule has 0 unspecified atom stereocenters. The van der Waals surface area contributed by atoms with Crippen molar-refractivity contribution in [3.8, 4) is 62.5 Å². The van der Waals surface area contributed by atoms with E-state index in [0.29, 0.717) is 75.1 Å². The highest BCUT2D eigenvalue weighted by Gasteiger charge is 2.41. The first kappa shape index (κ1) is 43.8. The molecule has 0 bridgehead atoms. The number of benzene rings is 7. The molecule has 15 heteroatoms. The van der Waals surface area contributed by atoms with Gasteiger partial charge in [0.1, 0.15) is 23.3 Å². The number of alkyl halides is 6. The van der Waals surface area contributed by atoms with E-state index >= 15 is 0 Å². The van der Waals surface area contributed by atoms with Crippen LogP contribution in [0.2, 0.25) is 0 Å². The molecule has 70 heavy (non-hydrogen) atoms. The fourth-order valence-corrected chi connectivity index (χ4v) is 9.68. The molecule has 0 amide bonds. The highest BCUT2D eigenvalue weighted by Crippen LogP contribution is 2.47. The average molecular weight is 936 g/mol. The summed E-state index contributed by atoms with van der Waals surface area (Å²) in [6, 6.07) is 40.5. The molecular formula is C55H35F6N9. The van der Waals surface area contributed by atoms with Gasteiger partial charge >= 0.3 is 12.4 Å². The molecule has 0 atom stereocenters. The smallest absolute Gasteiger partial charge is 0.309 e. The second-order valence-electron chi connectivity index (χ2n) is 17.0. The highest BCUT2D eigenvalue weighted by atomic mass is 19.4. The van der Waals surface area contributed by atoms with Gasteiger partial charge in [0, 0.05) is 55.0 Å². The van der Waals surface area contributed by atoms with Crippen LogP contribution in [0.5, 0.6) is 0 Å². The van der Waals surface area contributed by atoms with Crippen LogP contribution < -0.4 is 0 Å². The van der Waals surface area contributed by atoms with Crippen molar-refractivity contribution < 1.29 is 26.3 Å². The van der Waals surface area contributed by atoms with Gasteiger partial charge in [-0.25, -0.2) is 29.9 Å². The van der Waals surface area contributed by atoms with Crippen LogP contribution in [0.15, 0.2) is 140 Å². The van der Waals surface area contributed by atoms with Gasteiger partial charge in [-0.2, -0.15) is 31.6 Å². The molecule has 0 aliphatic carbocycles. The summed E-state index contributed by atoms with van der Waals surface area (Å²) in [7, 11) is 0. The van der Waals surface area contributed by atoms with Gasteiger partial charge in [-0.1, -0.05) is 48.5 Å². The van der Waals surface area contributed by atoms with Crippen molar-refractivity contribution >= 4 is 43.6 Å². The number of hydrogen-bond donors (Lipinski definition) is 0. The van der Waals surface area contributed by atoms with Crippen LogP contribution >= 0.6 is 0 Å². The van der Waals surface area contributed by atoms with Gasteiger partial charge in [0.25, 0.3) is 0 Å². The molecule has 0 saturated heterocycles. The number of aromatic nitrogens is 8. The quantitative estimate of drug-likeness (QED) is 0.153. The normalized spacial score (nSPS) is 12.1. The molecular weight excluding hydrogens is 901 g/mol. The van der Waals surface area contributed by atoms with Crippen LogP contribution in [0.3, 0.4) is 0 Å². The lowest BCUT2D eigenvalue weighted by Gasteiger charge is -2.22. The van der Waals surface area contributed by atoms with Crippen molar-refractivity contribution in [2.24, 2.45) is 0 Å². The van der Waals surface area contributed by atoms with Crippen molar-refractivity contribution in [3.63, 3.8) is 0 Å². The monoisotopic (exact) mass is 935 g/mol. The van der Waals surface area contributed by atoms with E-state index in [1.165, 1.54) is 18.2 Å². The predicted octanol–water partition coefficient (Wildman–Crippen LogP) is 14.1.